The molecule has 1 aliphatic carbocycles. The Morgan fingerprint density at radius 3 is 2.22 bits per heavy atom. The van der Waals surface area contributed by atoms with Crippen molar-refractivity contribution in [3.8, 4) is 0 Å². The van der Waals surface area contributed by atoms with Gasteiger partial charge in [-0.3, -0.25) is 5.41 Å². The topological polar surface area (TPSA) is 87.9 Å². The molecule has 4 atom stereocenters. The van der Waals surface area contributed by atoms with Crippen LogP contribution in [0.15, 0.2) is 0 Å². The smallest absolute Gasteiger partial charge is 0.185 e. The number of hydrogen-bond donors (Lipinski definition) is 4. The molecule has 0 aliphatic heterocycles. The molecule has 0 aromatic carbocycles. The monoisotopic (exact) mass is 254 g/mol. The minimum atomic E-state index is 0.0878. The van der Waals surface area contributed by atoms with E-state index in [1.165, 1.54) is 38.5 Å². The first-order valence-corrected chi connectivity index (χ1v) is 7.46. The van der Waals surface area contributed by atoms with Crippen LogP contribution in [0.5, 0.6) is 0 Å². The molecule has 1 saturated carbocycles. The van der Waals surface area contributed by atoms with Gasteiger partial charge in [-0.15, -0.1) is 0 Å². The molecule has 4 nitrogen and oxygen atoms in total. The Kier molecular flexibility index (Phi) is 6.47. The minimum absolute atomic E-state index is 0.0878. The zero-order valence-electron chi connectivity index (χ0n) is 11.9. The molecule has 0 heterocycles. The Bertz CT molecular complexity index is 254. The molecule has 0 saturated heterocycles. The second-order valence-electron chi connectivity index (χ2n) is 5.68. The van der Waals surface area contributed by atoms with Crippen LogP contribution >= 0.6 is 0 Å². The Hall–Kier alpha value is -0.770. The van der Waals surface area contributed by atoms with E-state index in [-0.39, 0.29) is 12.0 Å². The quantitative estimate of drug-likeness (QED) is 0.415. The number of rotatable bonds is 7. The van der Waals surface area contributed by atoms with Gasteiger partial charge in [-0.2, -0.15) is 0 Å². The highest BCUT2D eigenvalue weighted by Crippen LogP contribution is 2.38. The SMILES string of the molecule is CCCC[C@@H]1[C@H](CCCC)[C@@H](NC(=N)N)C[C@H]1N. The van der Waals surface area contributed by atoms with Gasteiger partial charge in [0.1, 0.15) is 0 Å². The molecule has 6 N–H and O–H groups in total. The maximum Gasteiger partial charge on any atom is 0.185 e. The van der Waals surface area contributed by atoms with Crippen molar-refractivity contribution in [1.29, 1.82) is 5.41 Å². The highest BCUT2D eigenvalue weighted by atomic mass is 15.1. The number of nitrogens with two attached hydrogens (primary N) is 2. The number of hydrogen-bond acceptors (Lipinski definition) is 2. The predicted octanol–water partition coefficient (Wildman–Crippen LogP) is 2.18. The summed E-state index contributed by atoms with van der Waals surface area (Å²) in [6.07, 6.45) is 8.35. The van der Waals surface area contributed by atoms with E-state index in [1.54, 1.807) is 0 Å². The molecule has 1 rings (SSSR count). The molecule has 0 spiro atoms. The zero-order valence-corrected chi connectivity index (χ0v) is 11.9. The summed E-state index contributed by atoms with van der Waals surface area (Å²) in [4.78, 5) is 0. The standard InChI is InChI=1S/C14H30N4/c1-3-5-7-10-11(8-6-4-2)13(9-12(10)15)18-14(16)17/h10-13H,3-9,15H2,1-2H3,(H4,16,17,18)/t10-,11+,12-,13+/m1/s1. The summed E-state index contributed by atoms with van der Waals surface area (Å²) in [7, 11) is 0. The molecule has 0 radical (unpaired) electrons. The van der Waals surface area contributed by atoms with Crippen LogP contribution in [0.1, 0.15) is 58.8 Å². The van der Waals surface area contributed by atoms with Crippen molar-refractivity contribution in [2.75, 3.05) is 0 Å². The number of nitrogens with one attached hydrogen (secondary N) is 2. The molecule has 106 valence electrons. The fraction of sp³-hybridized carbons (Fsp3) is 0.929. The molecule has 1 fully saturated rings. The molecular formula is C14H30N4. The Labute approximate surface area is 111 Å². The van der Waals surface area contributed by atoms with Crippen LogP contribution in [0.3, 0.4) is 0 Å². The Morgan fingerprint density at radius 2 is 1.72 bits per heavy atom. The van der Waals surface area contributed by atoms with Crippen LogP contribution in [0.4, 0.5) is 0 Å². The summed E-state index contributed by atoms with van der Waals surface area (Å²) in [6.45, 7) is 4.45. The first-order chi connectivity index (χ1) is 8.60. The van der Waals surface area contributed by atoms with Crippen molar-refractivity contribution < 1.29 is 0 Å². The van der Waals surface area contributed by atoms with Gasteiger partial charge in [0.05, 0.1) is 0 Å². The molecule has 0 amide bonds. The lowest BCUT2D eigenvalue weighted by Gasteiger charge is -2.26. The molecule has 18 heavy (non-hydrogen) atoms. The summed E-state index contributed by atoms with van der Waals surface area (Å²) in [5.74, 6) is 1.29. The van der Waals surface area contributed by atoms with Crippen molar-refractivity contribution >= 4 is 5.96 Å². The maximum absolute atomic E-state index is 7.42. The van der Waals surface area contributed by atoms with Gasteiger partial charge in [0.15, 0.2) is 5.96 Å². The Morgan fingerprint density at radius 1 is 1.17 bits per heavy atom. The molecule has 0 bridgehead atoms. The van der Waals surface area contributed by atoms with E-state index >= 15 is 0 Å². The molecule has 0 aromatic heterocycles. The summed E-state index contributed by atoms with van der Waals surface area (Å²) in [5.41, 5.74) is 11.8. The fourth-order valence-corrected chi connectivity index (χ4v) is 3.35. The van der Waals surface area contributed by atoms with Crippen LogP contribution in [-0.2, 0) is 0 Å². The first-order valence-electron chi connectivity index (χ1n) is 7.46. The van der Waals surface area contributed by atoms with E-state index < -0.39 is 0 Å². The normalized spacial score (nSPS) is 31.5. The summed E-state index contributed by atoms with van der Waals surface area (Å²) >= 11 is 0. The lowest BCUT2D eigenvalue weighted by molar-refractivity contribution is 0.284. The van der Waals surface area contributed by atoms with Crippen LogP contribution in [0.25, 0.3) is 0 Å². The van der Waals surface area contributed by atoms with Gasteiger partial charge in [-0.1, -0.05) is 39.5 Å². The summed E-state index contributed by atoms with van der Waals surface area (Å²) in [5, 5.41) is 10.5. The van der Waals surface area contributed by atoms with Crippen LogP contribution < -0.4 is 16.8 Å². The van der Waals surface area contributed by atoms with E-state index in [4.69, 9.17) is 16.9 Å². The number of unbranched alkanes of at least 4 members (excludes halogenated alkanes) is 2. The third-order valence-corrected chi connectivity index (χ3v) is 4.27. The summed E-state index contributed by atoms with van der Waals surface area (Å²) < 4.78 is 0. The van der Waals surface area contributed by atoms with Crippen molar-refractivity contribution in [3.05, 3.63) is 0 Å². The van der Waals surface area contributed by atoms with Crippen LogP contribution in [0.2, 0.25) is 0 Å². The van der Waals surface area contributed by atoms with Crippen molar-refractivity contribution in [2.45, 2.75) is 70.9 Å². The minimum Gasteiger partial charge on any atom is -0.370 e. The van der Waals surface area contributed by atoms with Crippen LogP contribution in [-0.4, -0.2) is 18.0 Å². The lowest BCUT2D eigenvalue weighted by Crippen LogP contribution is -2.42. The average molecular weight is 254 g/mol. The van der Waals surface area contributed by atoms with Crippen LogP contribution in [0, 0.1) is 17.2 Å². The number of guanidine groups is 1. The van der Waals surface area contributed by atoms with Gasteiger partial charge in [0.25, 0.3) is 0 Å². The predicted molar refractivity (Wildman–Crippen MR) is 77.5 cm³/mol. The third-order valence-electron chi connectivity index (χ3n) is 4.27. The summed E-state index contributed by atoms with van der Waals surface area (Å²) in [6, 6.07) is 0.584. The third kappa shape index (κ3) is 4.16. The zero-order chi connectivity index (χ0) is 13.5. The van der Waals surface area contributed by atoms with Gasteiger partial charge < -0.3 is 16.8 Å². The van der Waals surface area contributed by atoms with E-state index in [0.717, 1.165) is 6.42 Å². The highest BCUT2D eigenvalue weighted by molar-refractivity contribution is 5.74. The van der Waals surface area contributed by atoms with E-state index in [0.29, 0.717) is 17.9 Å². The fourth-order valence-electron chi connectivity index (χ4n) is 3.35. The van der Waals surface area contributed by atoms with Gasteiger partial charge in [-0.25, -0.2) is 0 Å². The Balaban J connectivity index is 2.64. The van der Waals surface area contributed by atoms with Gasteiger partial charge in [-0.05, 0) is 31.1 Å². The largest absolute Gasteiger partial charge is 0.370 e. The van der Waals surface area contributed by atoms with E-state index in [9.17, 15) is 0 Å². The average Bonchev–Trinajstić information content (AvgIpc) is 2.59. The maximum atomic E-state index is 7.42. The first kappa shape index (κ1) is 15.3. The van der Waals surface area contributed by atoms with Gasteiger partial charge in [0.2, 0.25) is 0 Å². The van der Waals surface area contributed by atoms with E-state index in [1.807, 2.05) is 0 Å². The van der Waals surface area contributed by atoms with Crippen molar-refractivity contribution in [2.24, 2.45) is 23.3 Å². The molecular weight excluding hydrogens is 224 g/mol. The van der Waals surface area contributed by atoms with Crippen molar-refractivity contribution in [3.63, 3.8) is 0 Å². The van der Waals surface area contributed by atoms with Gasteiger partial charge in [0, 0.05) is 12.1 Å². The van der Waals surface area contributed by atoms with E-state index in [2.05, 4.69) is 19.2 Å². The van der Waals surface area contributed by atoms with Gasteiger partial charge >= 0.3 is 0 Å². The second kappa shape index (κ2) is 7.62. The molecule has 4 heteroatoms. The second-order valence-corrected chi connectivity index (χ2v) is 5.68. The highest BCUT2D eigenvalue weighted by Gasteiger charge is 2.40. The lowest BCUT2D eigenvalue weighted by atomic mass is 9.84. The molecule has 0 unspecified atom stereocenters. The molecule has 0 aromatic rings. The molecule has 1 aliphatic rings. The van der Waals surface area contributed by atoms with Crippen molar-refractivity contribution in [1.82, 2.24) is 5.32 Å².